The summed E-state index contributed by atoms with van der Waals surface area (Å²) >= 11 is 0. The summed E-state index contributed by atoms with van der Waals surface area (Å²) in [4.78, 5) is -0.0617. The summed E-state index contributed by atoms with van der Waals surface area (Å²) in [7, 11) is -7.15. The van der Waals surface area contributed by atoms with Gasteiger partial charge in [0.25, 0.3) is 0 Å². The van der Waals surface area contributed by atoms with Crippen molar-refractivity contribution in [2.75, 3.05) is 25.9 Å². The second-order valence-electron chi connectivity index (χ2n) is 4.87. The molecule has 1 aromatic carbocycles. The van der Waals surface area contributed by atoms with E-state index in [2.05, 4.69) is 4.72 Å². The molecular weight excluding hydrogens is 331 g/mol. The smallest absolute Gasteiger partial charge is 0.213 e. The van der Waals surface area contributed by atoms with Gasteiger partial charge in [0.1, 0.15) is 5.82 Å². The van der Waals surface area contributed by atoms with Crippen molar-refractivity contribution in [1.82, 2.24) is 9.03 Å². The van der Waals surface area contributed by atoms with E-state index in [1.165, 1.54) is 4.31 Å². The number of nitrogens with one attached hydrogen (secondary N) is 1. The van der Waals surface area contributed by atoms with E-state index in [0.717, 1.165) is 36.9 Å². The fourth-order valence-corrected chi connectivity index (χ4v) is 3.68. The van der Waals surface area contributed by atoms with Crippen molar-refractivity contribution in [3.63, 3.8) is 0 Å². The molecular formula is C13H21FN2O4S2. The summed E-state index contributed by atoms with van der Waals surface area (Å²) in [6.07, 6.45) is 2.64. The van der Waals surface area contributed by atoms with Gasteiger partial charge in [0.05, 0.1) is 11.2 Å². The van der Waals surface area contributed by atoms with Gasteiger partial charge in [-0.3, -0.25) is 0 Å². The second-order valence-corrected chi connectivity index (χ2v) is 8.62. The van der Waals surface area contributed by atoms with Crippen LogP contribution in [0, 0.1) is 5.82 Å². The first-order valence-corrected chi connectivity index (χ1v) is 10.2. The first-order valence-electron chi connectivity index (χ1n) is 6.87. The SMILES string of the molecule is CCCCN(CCNS(=O)(=O)c1ccc(F)cc1)S(C)(=O)=O. The van der Waals surface area contributed by atoms with Gasteiger partial charge in [-0.15, -0.1) is 0 Å². The van der Waals surface area contributed by atoms with Crippen molar-refractivity contribution in [2.24, 2.45) is 0 Å². The average molecular weight is 352 g/mol. The molecule has 0 aliphatic heterocycles. The standard InChI is InChI=1S/C13H21FN2O4S2/c1-3-4-10-16(21(2,17)18)11-9-15-22(19,20)13-7-5-12(14)6-8-13/h5-8,15H,3-4,9-11H2,1-2H3. The number of nitrogens with zero attached hydrogens (tertiary/aromatic N) is 1. The van der Waals surface area contributed by atoms with E-state index in [1.54, 1.807) is 0 Å². The monoisotopic (exact) mass is 352 g/mol. The van der Waals surface area contributed by atoms with E-state index >= 15 is 0 Å². The van der Waals surface area contributed by atoms with Crippen molar-refractivity contribution >= 4 is 20.0 Å². The molecule has 1 rings (SSSR count). The third-order valence-corrected chi connectivity index (χ3v) is 5.79. The molecule has 0 atom stereocenters. The molecule has 0 fully saturated rings. The highest BCUT2D eigenvalue weighted by atomic mass is 32.2. The summed E-state index contributed by atoms with van der Waals surface area (Å²) in [5.74, 6) is -0.526. The lowest BCUT2D eigenvalue weighted by molar-refractivity contribution is 0.408. The van der Waals surface area contributed by atoms with Crippen molar-refractivity contribution in [1.29, 1.82) is 0 Å². The Kier molecular flexibility index (Phi) is 6.92. The Bertz CT molecular complexity index is 672. The molecule has 0 aromatic heterocycles. The highest BCUT2D eigenvalue weighted by Gasteiger charge is 2.18. The molecule has 0 radical (unpaired) electrons. The number of hydrogen-bond acceptors (Lipinski definition) is 4. The fourth-order valence-electron chi connectivity index (χ4n) is 1.78. The quantitative estimate of drug-likeness (QED) is 0.723. The molecule has 0 amide bonds. The third-order valence-electron chi connectivity index (χ3n) is 3.01. The molecule has 0 spiro atoms. The minimum atomic E-state index is -3.78. The zero-order valence-electron chi connectivity index (χ0n) is 12.6. The van der Waals surface area contributed by atoms with Crippen LogP contribution in [0.4, 0.5) is 4.39 Å². The fraction of sp³-hybridized carbons (Fsp3) is 0.538. The minimum Gasteiger partial charge on any atom is -0.213 e. The normalized spacial score (nSPS) is 12.7. The van der Waals surface area contributed by atoms with E-state index in [-0.39, 0.29) is 18.0 Å². The summed E-state index contributed by atoms with van der Waals surface area (Å²) in [5, 5.41) is 0. The molecule has 1 N–H and O–H groups in total. The number of unbranched alkanes of at least 4 members (excludes halogenated alkanes) is 1. The van der Waals surface area contributed by atoms with Crippen LogP contribution in [0.1, 0.15) is 19.8 Å². The molecule has 0 heterocycles. The van der Waals surface area contributed by atoms with Crippen LogP contribution in [0.3, 0.4) is 0 Å². The maximum Gasteiger partial charge on any atom is 0.240 e. The molecule has 126 valence electrons. The van der Waals surface area contributed by atoms with Crippen LogP contribution in [0.5, 0.6) is 0 Å². The topological polar surface area (TPSA) is 83.6 Å². The molecule has 0 aliphatic rings. The van der Waals surface area contributed by atoms with E-state index in [4.69, 9.17) is 0 Å². The van der Waals surface area contributed by atoms with Gasteiger partial charge in [0, 0.05) is 19.6 Å². The van der Waals surface area contributed by atoms with Gasteiger partial charge < -0.3 is 0 Å². The van der Waals surface area contributed by atoms with Crippen LogP contribution in [-0.4, -0.2) is 47.0 Å². The molecule has 6 nitrogen and oxygen atoms in total. The Labute approximate surface area is 131 Å². The Hall–Kier alpha value is -1.03. The minimum absolute atomic E-state index is 0.0451. The number of rotatable bonds is 9. The number of benzene rings is 1. The molecule has 0 aliphatic carbocycles. The summed E-state index contributed by atoms with van der Waals surface area (Å²) < 4.78 is 63.5. The summed E-state index contributed by atoms with van der Waals surface area (Å²) in [5.41, 5.74) is 0. The molecule has 0 bridgehead atoms. The maximum absolute atomic E-state index is 12.8. The van der Waals surface area contributed by atoms with E-state index in [9.17, 15) is 21.2 Å². The zero-order valence-corrected chi connectivity index (χ0v) is 14.3. The number of sulfonamides is 2. The Morgan fingerprint density at radius 2 is 1.68 bits per heavy atom. The molecule has 22 heavy (non-hydrogen) atoms. The third kappa shape index (κ3) is 5.99. The first-order chi connectivity index (χ1) is 10.2. The lowest BCUT2D eigenvalue weighted by Crippen LogP contribution is -2.38. The lowest BCUT2D eigenvalue weighted by Gasteiger charge is -2.19. The maximum atomic E-state index is 12.8. The van der Waals surface area contributed by atoms with Crippen molar-refractivity contribution in [3.8, 4) is 0 Å². The Balaban J connectivity index is 2.65. The molecule has 0 unspecified atom stereocenters. The Morgan fingerprint density at radius 1 is 1.09 bits per heavy atom. The largest absolute Gasteiger partial charge is 0.240 e. The van der Waals surface area contributed by atoms with Crippen LogP contribution < -0.4 is 4.72 Å². The predicted molar refractivity (Wildman–Crippen MR) is 82.9 cm³/mol. The molecule has 1 aromatic rings. The van der Waals surface area contributed by atoms with Crippen LogP contribution in [0.15, 0.2) is 29.2 Å². The van der Waals surface area contributed by atoms with Crippen LogP contribution in [0.25, 0.3) is 0 Å². The van der Waals surface area contributed by atoms with Crippen LogP contribution in [0.2, 0.25) is 0 Å². The van der Waals surface area contributed by atoms with E-state index in [0.29, 0.717) is 13.0 Å². The van der Waals surface area contributed by atoms with Crippen molar-refractivity contribution in [3.05, 3.63) is 30.1 Å². The highest BCUT2D eigenvalue weighted by Crippen LogP contribution is 2.09. The lowest BCUT2D eigenvalue weighted by atomic mass is 10.3. The van der Waals surface area contributed by atoms with E-state index < -0.39 is 25.9 Å². The average Bonchev–Trinajstić information content (AvgIpc) is 2.41. The molecule has 0 saturated heterocycles. The van der Waals surface area contributed by atoms with Crippen molar-refractivity contribution < 1.29 is 21.2 Å². The summed E-state index contributed by atoms with van der Waals surface area (Å²) in [6, 6.07) is 4.42. The van der Waals surface area contributed by atoms with Gasteiger partial charge >= 0.3 is 0 Å². The predicted octanol–water partition coefficient (Wildman–Crippen LogP) is 1.17. The molecule has 0 saturated carbocycles. The van der Waals surface area contributed by atoms with Crippen LogP contribution >= 0.6 is 0 Å². The van der Waals surface area contributed by atoms with Gasteiger partial charge in [0.2, 0.25) is 20.0 Å². The van der Waals surface area contributed by atoms with Crippen LogP contribution in [-0.2, 0) is 20.0 Å². The summed E-state index contributed by atoms with van der Waals surface area (Å²) in [6.45, 7) is 2.31. The highest BCUT2D eigenvalue weighted by molar-refractivity contribution is 7.89. The zero-order chi connectivity index (χ0) is 16.8. The van der Waals surface area contributed by atoms with Gasteiger partial charge in [0.15, 0.2) is 0 Å². The van der Waals surface area contributed by atoms with Gasteiger partial charge in [-0.1, -0.05) is 13.3 Å². The number of halogens is 1. The number of hydrogen-bond donors (Lipinski definition) is 1. The Morgan fingerprint density at radius 3 is 2.18 bits per heavy atom. The van der Waals surface area contributed by atoms with Crippen molar-refractivity contribution in [2.45, 2.75) is 24.7 Å². The first kappa shape index (κ1) is 19.0. The van der Waals surface area contributed by atoms with Gasteiger partial charge in [-0.2, -0.15) is 0 Å². The van der Waals surface area contributed by atoms with Gasteiger partial charge in [-0.05, 0) is 30.7 Å². The second kappa shape index (κ2) is 8.00. The van der Waals surface area contributed by atoms with E-state index in [1.807, 2.05) is 6.92 Å². The van der Waals surface area contributed by atoms with Gasteiger partial charge in [-0.25, -0.2) is 30.3 Å². The molecule has 9 heteroatoms.